The molecular formula is C19H25N3O3S2. The van der Waals surface area contributed by atoms with Crippen LogP contribution in [0.1, 0.15) is 32.3 Å². The Bertz CT molecular complexity index is 731. The molecule has 1 aromatic carbocycles. The van der Waals surface area contributed by atoms with E-state index < -0.39 is 0 Å². The first-order chi connectivity index (χ1) is 13.1. The summed E-state index contributed by atoms with van der Waals surface area (Å²) >= 11 is 2.75. The van der Waals surface area contributed by atoms with Gasteiger partial charge in [-0.05, 0) is 43.6 Å². The van der Waals surface area contributed by atoms with Crippen LogP contribution in [-0.4, -0.2) is 47.7 Å². The highest BCUT2D eigenvalue weighted by Gasteiger charge is 2.34. The van der Waals surface area contributed by atoms with Gasteiger partial charge in [0.2, 0.25) is 5.91 Å². The molecule has 1 aliphatic heterocycles. The van der Waals surface area contributed by atoms with Gasteiger partial charge in [-0.1, -0.05) is 47.2 Å². The summed E-state index contributed by atoms with van der Waals surface area (Å²) in [6.45, 7) is 5.96. The molecule has 1 fully saturated rings. The maximum Gasteiger partial charge on any atom is 0.295 e. The lowest BCUT2D eigenvalue weighted by Crippen LogP contribution is -2.45. The van der Waals surface area contributed by atoms with Gasteiger partial charge in [0.05, 0.1) is 11.9 Å². The van der Waals surface area contributed by atoms with Gasteiger partial charge in [-0.2, -0.15) is 0 Å². The monoisotopic (exact) mass is 407 g/mol. The molecule has 0 unspecified atom stereocenters. The van der Waals surface area contributed by atoms with Crippen LogP contribution in [0.15, 0.2) is 34.7 Å². The molecular weight excluding hydrogens is 382 g/mol. The second-order valence-electron chi connectivity index (χ2n) is 6.82. The van der Waals surface area contributed by atoms with Crippen molar-refractivity contribution in [1.29, 1.82) is 0 Å². The van der Waals surface area contributed by atoms with E-state index in [4.69, 9.17) is 9.47 Å². The van der Waals surface area contributed by atoms with Crippen molar-refractivity contribution in [2.75, 3.05) is 25.5 Å². The van der Waals surface area contributed by atoms with Crippen molar-refractivity contribution in [3.63, 3.8) is 0 Å². The summed E-state index contributed by atoms with van der Waals surface area (Å²) in [6, 6.07) is 10.4. The van der Waals surface area contributed by atoms with E-state index in [0.29, 0.717) is 17.5 Å². The number of ether oxygens (including phenoxy) is 2. The SMILES string of the molecule is CC(C)Oc1nnc(SCC(=O)NCC2(c3ccccc3)CCOCC2)s1. The van der Waals surface area contributed by atoms with E-state index in [1.807, 2.05) is 19.9 Å². The quantitative estimate of drug-likeness (QED) is 0.677. The van der Waals surface area contributed by atoms with Crippen LogP contribution in [0, 0.1) is 0 Å². The molecule has 0 atom stereocenters. The Labute approximate surface area is 168 Å². The molecule has 1 saturated heterocycles. The molecule has 2 heterocycles. The third-order valence-electron chi connectivity index (χ3n) is 4.51. The Hall–Kier alpha value is -1.64. The summed E-state index contributed by atoms with van der Waals surface area (Å²) in [7, 11) is 0. The Morgan fingerprint density at radius 3 is 2.74 bits per heavy atom. The summed E-state index contributed by atoms with van der Waals surface area (Å²) in [5.41, 5.74) is 1.21. The van der Waals surface area contributed by atoms with Gasteiger partial charge in [0.1, 0.15) is 0 Å². The maximum atomic E-state index is 12.4. The van der Waals surface area contributed by atoms with E-state index >= 15 is 0 Å². The van der Waals surface area contributed by atoms with Gasteiger partial charge in [0, 0.05) is 25.2 Å². The molecule has 6 nitrogen and oxygen atoms in total. The second kappa shape index (κ2) is 9.52. The average molecular weight is 408 g/mol. The molecule has 0 saturated carbocycles. The number of amides is 1. The minimum absolute atomic E-state index is 0.00308. The molecule has 1 aliphatic rings. The average Bonchev–Trinajstić information content (AvgIpc) is 3.13. The van der Waals surface area contributed by atoms with E-state index in [0.717, 1.165) is 30.4 Å². The van der Waals surface area contributed by atoms with Crippen molar-refractivity contribution >= 4 is 29.0 Å². The topological polar surface area (TPSA) is 73.3 Å². The zero-order valence-corrected chi connectivity index (χ0v) is 17.3. The van der Waals surface area contributed by atoms with E-state index in [1.165, 1.54) is 28.7 Å². The number of carbonyl (C=O) groups is 1. The van der Waals surface area contributed by atoms with Gasteiger partial charge < -0.3 is 14.8 Å². The Morgan fingerprint density at radius 2 is 2.04 bits per heavy atom. The number of benzene rings is 1. The first-order valence-electron chi connectivity index (χ1n) is 9.10. The smallest absolute Gasteiger partial charge is 0.295 e. The number of carbonyl (C=O) groups excluding carboxylic acids is 1. The zero-order chi connectivity index (χ0) is 19.1. The molecule has 0 bridgehead atoms. The van der Waals surface area contributed by atoms with Crippen LogP contribution in [0.4, 0.5) is 0 Å². The van der Waals surface area contributed by atoms with Crippen LogP contribution >= 0.6 is 23.1 Å². The largest absolute Gasteiger partial charge is 0.466 e. The van der Waals surface area contributed by atoms with Crippen molar-refractivity contribution in [3.8, 4) is 5.19 Å². The highest BCUT2D eigenvalue weighted by molar-refractivity contribution is 8.01. The lowest BCUT2D eigenvalue weighted by atomic mass is 9.74. The fraction of sp³-hybridized carbons (Fsp3) is 0.526. The molecule has 1 amide bonds. The molecule has 27 heavy (non-hydrogen) atoms. The molecule has 0 spiro atoms. The van der Waals surface area contributed by atoms with Crippen LogP contribution in [-0.2, 0) is 14.9 Å². The lowest BCUT2D eigenvalue weighted by Gasteiger charge is -2.38. The number of hydrogen-bond acceptors (Lipinski definition) is 7. The number of hydrogen-bond donors (Lipinski definition) is 1. The van der Waals surface area contributed by atoms with Crippen LogP contribution in [0.5, 0.6) is 5.19 Å². The summed E-state index contributed by atoms with van der Waals surface area (Å²) in [6.07, 6.45) is 1.89. The maximum absolute atomic E-state index is 12.4. The van der Waals surface area contributed by atoms with Crippen molar-refractivity contribution in [1.82, 2.24) is 15.5 Å². The summed E-state index contributed by atoms with van der Waals surface area (Å²) < 4.78 is 11.8. The van der Waals surface area contributed by atoms with Gasteiger partial charge in [-0.3, -0.25) is 4.79 Å². The molecule has 3 rings (SSSR count). The van der Waals surface area contributed by atoms with Gasteiger partial charge in [0.25, 0.3) is 5.19 Å². The van der Waals surface area contributed by atoms with Gasteiger partial charge in [-0.15, -0.1) is 5.10 Å². The second-order valence-corrected chi connectivity index (χ2v) is 8.99. The van der Waals surface area contributed by atoms with Crippen molar-refractivity contribution in [3.05, 3.63) is 35.9 Å². The van der Waals surface area contributed by atoms with Crippen molar-refractivity contribution < 1.29 is 14.3 Å². The normalized spacial score (nSPS) is 16.3. The van der Waals surface area contributed by atoms with Crippen LogP contribution in [0.3, 0.4) is 0 Å². The molecule has 1 N–H and O–H groups in total. The fourth-order valence-electron chi connectivity index (χ4n) is 3.07. The van der Waals surface area contributed by atoms with Gasteiger partial charge in [-0.25, -0.2) is 0 Å². The summed E-state index contributed by atoms with van der Waals surface area (Å²) in [5.74, 6) is 0.320. The predicted molar refractivity (Wildman–Crippen MR) is 108 cm³/mol. The lowest BCUT2D eigenvalue weighted by molar-refractivity contribution is -0.119. The van der Waals surface area contributed by atoms with Crippen molar-refractivity contribution in [2.24, 2.45) is 0 Å². The number of thioether (sulfide) groups is 1. The third kappa shape index (κ3) is 5.67. The summed E-state index contributed by atoms with van der Waals surface area (Å²) in [5, 5.41) is 11.7. The third-order valence-corrected chi connectivity index (χ3v) is 6.46. The minimum Gasteiger partial charge on any atom is -0.466 e. The predicted octanol–water partition coefficient (Wildman–Crippen LogP) is 3.28. The number of rotatable bonds is 8. The highest BCUT2D eigenvalue weighted by Crippen LogP contribution is 2.34. The zero-order valence-electron chi connectivity index (χ0n) is 15.6. The summed E-state index contributed by atoms with van der Waals surface area (Å²) in [4.78, 5) is 12.4. The van der Waals surface area contributed by atoms with E-state index in [1.54, 1.807) is 0 Å². The van der Waals surface area contributed by atoms with E-state index in [9.17, 15) is 4.79 Å². The van der Waals surface area contributed by atoms with Crippen LogP contribution in [0.25, 0.3) is 0 Å². The van der Waals surface area contributed by atoms with Crippen LogP contribution < -0.4 is 10.1 Å². The Balaban J connectivity index is 1.53. The minimum atomic E-state index is -0.0547. The Kier molecular flexibility index (Phi) is 7.09. The standard InChI is InChI=1S/C19H25N3O3S2/c1-14(2)25-17-21-22-18(27-17)26-12-16(23)20-13-19(8-10-24-11-9-19)15-6-4-3-5-7-15/h3-7,14H,8-13H2,1-2H3,(H,20,23). The van der Waals surface area contributed by atoms with E-state index in [2.05, 4.69) is 39.8 Å². The van der Waals surface area contributed by atoms with Crippen molar-refractivity contribution in [2.45, 2.75) is 42.5 Å². The van der Waals surface area contributed by atoms with Gasteiger partial charge in [0.15, 0.2) is 4.34 Å². The van der Waals surface area contributed by atoms with Gasteiger partial charge >= 0.3 is 0 Å². The highest BCUT2D eigenvalue weighted by atomic mass is 32.2. The number of nitrogens with zero attached hydrogens (tertiary/aromatic N) is 2. The molecule has 1 aromatic heterocycles. The number of aromatic nitrogens is 2. The molecule has 8 heteroatoms. The Morgan fingerprint density at radius 1 is 1.30 bits per heavy atom. The first kappa shape index (κ1) is 20.1. The molecule has 146 valence electrons. The molecule has 2 aromatic rings. The number of nitrogens with one attached hydrogen (secondary N) is 1. The van der Waals surface area contributed by atoms with Crippen LogP contribution in [0.2, 0.25) is 0 Å². The molecule has 0 radical (unpaired) electrons. The molecule has 0 aliphatic carbocycles. The van der Waals surface area contributed by atoms with E-state index in [-0.39, 0.29) is 17.4 Å². The first-order valence-corrected chi connectivity index (χ1v) is 10.9. The fourth-order valence-corrected chi connectivity index (χ4v) is 4.71.